The molecule has 1 saturated heterocycles. The van der Waals surface area contributed by atoms with Crippen LogP contribution in [-0.2, 0) is 4.79 Å². The van der Waals surface area contributed by atoms with Crippen LogP contribution >= 0.6 is 11.6 Å². The summed E-state index contributed by atoms with van der Waals surface area (Å²) in [5, 5.41) is 2.70. The Bertz CT molecular complexity index is 1250. The summed E-state index contributed by atoms with van der Waals surface area (Å²) in [5.41, 5.74) is -0.0700. The first-order valence-corrected chi connectivity index (χ1v) is 11.1. The molecule has 0 spiro atoms. The first-order valence-electron chi connectivity index (χ1n) is 10.7. The van der Waals surface area contributed by atoms with Crippen molar-refractivity contribution in [3.63, 3.8) is 0 Å². The van der Waals surface area contributed by atoms with Crippen molar-refractivity contribution < 1.29 is 22.7 Å². The highest BCUT2D eigenvalue weighted by atomic mass is 35.5. The van der Waals surface area contributed by atoms with Crippen molar-refractivity contribution in [2.75, 3.05) is 18.4 Å². The lowest BCUT2D eigenvalue weighted by Gasteiger charge is -2.40. The van der Waals surface area contributed by atoms with Gasteiger partial charge in [0.05, 0.1) is 29.4 Å². The number of anilines is 1. The maximum Gasteiger partial charge on any atom is 0.257 e. The normalized spacial score (nSPS) is 18.6. The third kappa shape index (κ3) is 5.80. The monoisotopic (exact) mass is 507 g/mol. The average Bonchev–Trinajstić information content (AvgIpc) is 2.82. The Morgan fingerprint density at radius 2 is 2.09 bits per heavy atom. The SMILES string of the molecule is CC(C(=O)Nc1ccc(Oc2cnc(F)cc2Cl)cn1)N1CCC(F)(F)[C@@H](c2ccc(=O)[nH]c2)C1. The molecule has 1 aliphatic heterocycles. The summed E-state index contributed by atoms with van der Waals surface area (Å²) in [5.74, 6) is -4.63. The number of carbonyl (C=O) groups is 1. The van der Waals surface area contributed by atoms with Gasteiger partial charge in [0.1, 0.15) is 11.6 Å². The molecular formula is C23H21ClF3N5O3. The fourth-order valence-electron chi connectivity index (χ4n) is 3.77. The molecule has 1 fully saturated rings. The van der Waals surface area contributed by atoms with Gasteiger partial charge in [0, 0.05) is 37.8 Å². The predicted octanol–water partition coefficient (Wildman–Crippen LogP) is 4.20. The molecule has 0 saturated carbocycles. The molecule has 0 aromatic carbocycles. The summed E-state index contributed by atoms with van der Waals surface area (Å²) in [7, 11) is 0. The molecule has 3 aromatic rings. The van der Waals surface area contributed by atoms with Gasteiger partial charge in [-0.05, 0) is 24.6 Å². The summed E-state index contributed by atoms with van der Waals surface area (Å²) >= 11 is 5.91. The number of nitrogens with zero attached hydrogens (tertiary/aromatic N) is 3. The van der Waals surface area contributed by atoms with E-state index < -0.39 is 36.2 Å². The summed E-state index contributed by atoms with van der Waals surface area (Å²) in [6.45, 7) is 1.61. The molecule has 1 unspecified atom stereocenters. The molecule has 12 heteroatoms. The van der Waals surface area contributed by atoms with Crippen molar-refractivity contribution in [2.24, 2.45) is 0 Å². The topological polar surface area (TPSA) is 100 Å². The molecule has 4 heterocycles. The van der Waals surface area contributed by atoms with E-state index in [9.17, 15) is 22.8 Å². The van der Waals surface area contributed by atoms with Crippen LogP contribution in [0.25, 0.3) is 0 Å². The van der Waals surface area contributed by atoms with E-state index in [4.69, 9.17) is 16.3 Å². The van der Waals surface area contributed by atoms with Crippen LogP contribution in [0.2, 0.25) is 5.02 Å². The van der Waals surface area contributed by atoms with E-state index in [-0.39, 0.29) is 41.0 Å². The van der Waals surface area contributed by atoms with E-state index in [1.54, 1.807) is 11.8 Å². The van der Waals surface area contributed by atoms with E-state index in [0.717, 1.165) is 12.3 Å². The van der Waals surface area contributed by atoms with Crippen molar-refractivity contribution in [2.45, 2.75) is 31.2 Å². The molecule has 0 aliphatic carbocycles. The number of hydrogen-bond donors (Lipinski definition) is 2. The van der Waals surface area contributed by atoms with Gasteiger partial charge in [0.2, 0.25) is 17.4 Å². The van der Waals surface area contributed by atoms with Crippen LogP contribution in [0.1, 0.15) is 24.8 Å². The van der Waals surface area contributed by atoms with Crippen molar-refractivity contribution >= 4 is 23.3 Å². The lowest BCUT2D eigenvalue weighted by atomic mass is 9.87. The van der Waals surface area contributed by atoms with Crippen molar-refractivity contribution in [1.82, 2.24) is 19.9 Å². The number of halogens is 4. The highest BCUT2D eigenvalue weighted by molar-refractivity contribution is 6.32. The van der Waals surface area contributed by atoms with Crippen LogP contribution in [0.15, 0.2) is 53.7 Å². The van der Waals surface area contributed by atoms with Gasteiger partial charge in [-0.2, -0.15) is 4.39 Å². The third-order valence-corrected chi connectivity index (χ3v) is 6.09. The van der Waals surface area contributed by atoms with Crippen molar-refractivity contribution in [1.29, 1.82) is 0 Å². The molecule has 35 heavy (non-hydrogen) atoms. The number of ether oxygens (including phenoxy) is 1. The van der Waals surface area contributed by atoms with E-state index in [1.807, 2.05) is 0 Å². The number of amides is 1. The lowest BCUT2D eigenvalue weighted by Crippen LogP contribution is -2.52. The first kappa shape index (κ1) is 24.7. The standard InChI is InChI=1S/C23H21ClF3N5O3/c1-13(32-7-6-23(26,27)16(12-32)14-2-5-21(33)30-9-14)22(34)31-20-4-3-15(10-29-20)35-18-11-28-19(25)8-17(18)24/h2-5,8-11,13,16H,6-7,12H2,1H3,(H,30,33)(H,29,31,34)/t13?,16-/m1/s1. The number of H-pyrrole nitrogens is 1. The molecule has 2 atom stereocenters. The Balaban J connectivity index is 1.39. The van der Waals surface area contributed by atoms with E-state index in [0.29, 0.717) is 5.56 Å². The van der Waals surface area contributed by atoms with Crippen LogP contribution in [0.3, 0.4) is 0 Å². The molecule has 1 aliphatic rings. The fraction of sp³-hybridized carbons (Fsp3) is 0.304. The Kier molecular flexibility index (Phi) is 7.08. The summed E-state index contributed by atoms with van der Waals surface area (Å²) < 4.78 is 47.8. The smallest absolute Gasteiger partial charge is 0.257 e. The third-order valence-electron chi connectivity index (χ3n) is 5.80. The molecule has 184 valence electrons. The molecule has 0 bridgehead atoms. The number of nitrogens with one attached hydrogen (secondary N) is 2. The minimum atomic E-state index is -2.97. The second-order valence-electron chi connectivity index (χ2n) is 8.13. The van der Waals surface area contributed by atoms with Gasteiger partial charge in [-0.25, -0.2) is 18.7 Å². The van der Waals surface area contributed by atoms with Gasteiger partial charge < -0.3 is 15.0 Å². The summed E-state index contributed by atoms with van der Waals surface area (Å²) in [6.07, 6.45) is 3.35. The number of hydrogen-bond acceptors (Lipinski definition) is 6. The zero-order valence-electron chi connectivity index (χ0n) is 18.5. The molecule has 4 rings (SSSR count). The number of alkyl halides is 2. The average molecular weight is 508 g/mol. The maximum absolute atomic E-state index is 14.6. The number of likely N-dealkylation sites (tertiary alicyclic amines) is 1. The molecule has 1 amide bonds. The van der Waals surface area contributed by atoms with Crippen molar-refractivity contribution in [3.05, 3.63) is 75.8 Å². The maximum atomic E-state index is 14.6. The van der Waals surface area contributed by atoms with Gasteiger partial charge >= 0.3 is 0 Å². The molecular weight excluding hydrogens is 487 g/mol. The Labute approximate surface area is 203 Å². The van der Waals surface area contributed by atoms with Crippen molar-refractivity contribution in [3.8, 4) is 11.5 Å². The Hall–Kier alpha value is -3.44. The van der Waals surface area contributed by atoms with Gasteiger partial charge in [0.15, 0.2) is 5.75 Å². The van der Waals surface area contributed by atoms with E-state index in [2.05, 4.69) is 20.3 Å². The van der Waals surface area contributed by atoms with Crippen LogP contribution < -0.4 is 15.6 Å². The number of aromatic nitrogens is 3. The number of carbonyl (C=O) groups excluding carboxylic acids is 1. The number of rotatable bonds is 6. The highest BCUT2D eigenvalue weighted by Crippen LogP contribution is 2.40. The van der Waals surface area contributed by atoms with E-state index in [1.165, 1.54) is 36.7 Å². The zero-order valence-corrected chi connectivity index (χ0v) is 19.2. The molecule has 3 aromatic heterocycles. The second kappa shape index (κ2) is 10.0. The summed E-state index contributed by atoms with van der Waals surface area (Å²) in [6, 6.07) is 5.92. The fourth-order valence-corrected chi connectivity index (χ4v) is 3.95. The number of pyridine rings is 3. The lowest BCUT2D eigenvalue weighted by molar-refractivity contribution is -0.125. The van der Waals surface area contributed by atoms with Crippen LogP contribution in [0, 0.1) is 5.95 Å². The number of aromatic amines is 1. The quantitative estimate of drug-likeness (QED) is 0.485. The summed E-state index contributed by atoms with van der Waals surface area (Å²) in [4.78, 5) is 35.8. The van der Waals surface area contributed by atoms with E-state index >= 15 is 0 Å². The van der Waals surface area contributed by atoms with Crippen LogP contribution in [-0.4, -0.2) is 50.8 Å². The van der Waals surface area contributed by atoms with Gasteiger partial charge in [-0.3, -0.25) is 14.5 Å². The van der Waals surface area contributed by atoms with Crippen LogP contribution in [0.4, 0.5) is 19.0 Å². The first-order chi connectivity index (χ1) is 16.6. The minimum Gasteiger partial charge on any atom is -0.453 e. The predicted molar refractivity (Wildman–Crippen MR) is 123 cm³/mol. The van der Waals surface area contributed by atoms with Crippen LogP contribution in [0.5, 0.6) is 11.5 Å². The van der Waals surface area contributed by atoms with Gasteiger partial charge in [-0.1, -0.05) is 17.7 Å². The van der Waals surface area contributed by atoms with Gasteiger partial charge in [-0.15, -0.1) is 0 Å². The molecule has 0 radical (unpaired) electrons. The molecule has 8 nitrogen and oxygen atoms in total. The van der Waals surface area contributed by atoms with Gasteiger partial charge in [0.25, 0.3) is 5.92 Å². The minimum absolute atomic E-state index is 0.0358. The Morgan fingerprint density at radius 1 is 1.29 bits per heavy atom. The largest absolute Gasteiger partial charge is 0.453 e. The zero-order chi connectivity index (χ0) is 25.2. The highest BCUT2D eigenvalue weighted by Gasteiger charge is 2.46. The Morgan fingerprint density at radius 3 is 2.74 bits per heavy atom. The second-order valence-corrected chi connectivity index (χ2v) is 8.54. The number of piperidine rings is 1. The molecule has 2 N–H and O–H groups in total.